The van der Waals surface area contributed by atoms with Crippen molar-refractivity contribution in [1.82, 2.24) is 5.32 Å². The molecule has 0 aromatic rings. The van der Waals surface area contributed by atoms with E-state index < -0.39 is 0 Å². The molecule has 1 saturated carbocycles. The first-order valence-electron chi connectivity index (χ1n) is 5.86. The minimum Gasteiger partial charge on any atom is -0.393 e. The van der Waals surface area contributed by atoms with Crippen LogP contribution in [0.2, 0.25) is 0 Å². The Morgan fingerprint density at radius 3 is 2.29 bits per heavy atom. The molecule has 4 atom stereocenters. The summed E-state index contributed by atoms with van der Waals surface area (Å²) in [5, 5.41) is 23.1. The molecule has 3 heteroatoms. The maximum absolute atomic E-state index is 9.90. The molecular weight excluding hydrogens is 178 g/mol. The Balaban J connectivity index is 1.96. The molecule has 0 spiro atoms. The third kappa shape index (κ3) is 2.10. The first-order valence-corrected chi connectivity index (χ1v) is 5.86. The Morgan fingerprint density at radius 2 is 1.57 bits per heavy atom. The number of hydrogen-bond donors (Lipinski definition) is 3. The van der Waals surface area contributed by atoms with Gasteiger partial charge in [0, 0.05) is 12.5 Å². The van der Waals surface area contributed by atoms with E-state index in [1.54, 1.807) is 0 Å². The minimum atomic E-state index is -0.200. The maximum atomic E-state index is 9.90. The summed E-state index contributed by atoms with van der Waals surface area (Å²) in [6.07, 6.45) is 4.84. The van der Waals surface area contributed by atoms with Crippen LogP contribution in [0.25, 0.3) is 0 Å². The van der Waals surface area contributed by atoms with E-state index in [0.29, 0.717) is 5.92 Å². The highest BCUT2D eigenvalue weighted by Crippen LogP contribution is 2.33. The molecule has 1 heterocycles. The van der Waals surface area contributed by atoms with Gasteiger partial charge in [0.25, 0.3) is 0 Å². The number of piperidine rings is 1. The lowest BCUT2D eigenvalue weighted by molar-refractivity contribution is -0.0262. The molecule has 0 bridgehead atoms. The fourth-order valence-electron chi connectivity index (χ4n) is 2.94. The Labute approximate surface area is 85.5 Å². The summed E-state index contributed by atoms with van der Waals surface area (Å²) < 4.78 is 0. The van der Waals surface area contributed by atoms with Crippen molar-refractivity contribution in [2.24, 2.45) is 11.8 Å². The third-order valence-electron chi connectivity index (χ3n) is 3.82. The molecule has 2 fully saturated rings. The first kappa shape index (κ1) is 10.4. The van der Waals surface area contributed by atoms with Gasteiger partial charge in [0.1, 0.15) is 0 Å². The number of nitrogens with one attached hydrogen (secondary N) is 1. The zero-order valence-electron chi connectivity index (χ0n) is 8.65. The van der Waals surface area contributed by atoms with Gasteiger partial charge in [-0.1, -0.05) is 12.8 Å². The van der Waals surface area contributed by atoms with Gasteiger partial charge in [-0.2, -0.15) is 0 Å². The van der Waals surface area contributed by atoms with E-state index >= 15 is 0 Å². The second-order valence-electron chi connectivity index (χ2n) is 4.74. The number of aliphatic hydroxyl groups is 2. The second-order valence-corrected chi connectivity index (χ2v) is 4.74. The molecule has 0 aromatic carbocycles. The molecular formula is C11H21NO2. The minimum absolute atomic E-state index is 0.178. The summed E-state index contributed by atoms with van der Waals surface area (Å²) in [5.41, 5.74) is 0. The van der Waals surface area contributed by atoms with E-state index in [2.05, 4.69) is 5.32 Å². The van der Waals surface area contributed by atoms with Crippen LogP contribution in [0.15, 0.2) is 0 Å². The Morgan fingerprint density at radius 1 is 0.857 bits per heavy atom. The van der Waals surface area contributed by atoms with Crippen LogP contribution in [0.4, 0.5) is 0 Å². The van der Waals surface area contributed by atoms with Crippen molar-refractivity contribution in [3.8, 4) is 0 Å². The lowest BCUT2D eigenvalue weighted by Gasteiger charge is -2.39. The van der Waals surface area contributed by atoms with Crippen LogP contribution in [0.1, 0.15) is 32.1 Å². The zero-order valence-corrected chi connectivity index (χ0v) is 8.65. The predicted octanol–water partition coefficient (Wildman–Crippen LogP) is 0.508. The van der Waals surface area contributed by atoms with Crippen molar-refractivity contribution >= 4 is 0 Å². The summed E-state index contributed by atoms with van der Waals surface area (Å²) in [5.74, 6) is 0.602. The van der Waals surface area contributed by atoms with Gasteiger partial charge in [-0.25, -0.2) is 0 Å². The monoisotopic (exact) mass is 199 g/mol. The van der Waals surface area contributed by atoms with Crippen LogP contribution in [0, 0.1) is 11.8 Å². The fraction of sp³-hybridized carbons (Fsp3) is 1.00. The summed E-state index contributed by atoms with van der Waals surface area (Å²) in [6, 6.07) is 0. The van der Waals surface area contributed by atoms with Crippen LogP contribution in [0.5, 0.6) is 0 Å². The molecule has 2 aliphatic rings. The highest BCUT2D eigenvalue weighted by atomic mass is 16.3. The van der Waals surface area contributed by atoms with Gasteiger partial charge in [-0.15, -0.1) is 0 Å². The second kappa shape index (κ2) is 4.60. The van der Waals surface area contributed by atoms with Crippen LogP contribution in [0.3, 0.4) is 0 Å². The largest absolute Gasteiger partial charge is 0.393 e. The van der Waals surface area contributed by atoms with Crippen molar-refractivity contribution < 1.29 is 10.2 Å². The van der Waals surface area contributed by atoms with Crippen LogP contribution < -0.4 is 5.32 Å². The molecule has 0 amide bonds. The highest BCUT2D eigenvalue weighted by molar-refractivity contribution is 4.88. The van der Waals surface area contributed by atoms with Crippen molar-refractivity contribution in [3.05, 3.63) is 0 Å². The fourth-order valence-corrected chi connectivity index (χ4v) is 2.94. The molecule has 2 rings (SSSR count). The molecule has 1 aliphatic carbocycles. The smallest absolute Gasteiger partial charge is 0.0596 e. The number of aliphatic hydroxyl groups excluding tert-OH is 2. The van der Waals surface area contributed by atoms with E-state index in [9.17, 15) is 10.2 Å². The van der Waals surface area contributed by atoms with Gasteiger partial charge in [-0.3, -0.25) is 0 Å². The quantitative estimate of drug-likeness (QED) is 0.576. The van der Waals surface area contributed by atoms with Crippen LogP contribution >= 0.6 is 0 Å². The van der Waals surface area contributed by atoms with Crippen molar-refractivity contribution in [1.29, 1.82) is 0 Å². The zero-order chi connectivity index (χ0) is 9.97. The van der Waals surface area contributed by atoms with Gasteiger partial charge in [0.2, 0.25) is 0 Å². The molecule has 3 N–H and O–H groups in total. The molecule has 14 heavy (non-hydrogen) atoms. The Hall–Kier alpha value is -0.120. The van der Waals surface area contributed by atoms with Gasteiger partial charge >= 0.3 is 0 Å². The van der Waals surface area contributed by atoms with Gasteiger partial charge < -0.3 is 15.5 Å². The van der Waals surface area contributed by atoms with Crippen molar-refractivity contribution in [3.63, 3.8) is 0 Å². The Kier molecular flexibility index (Phi) is 3.42. The van der Waals surface area contributed by atoms with Crippen molar-refractivity contribution in [2.45, 2.75) is 44.3 Å². The lowest BCUT2D eigenvalue weighted by atomic mass is 9.74. The standard InChI is InChI=1S/C11H21NO2/c13-10-4-2-1-3-8(10)9-7-12-6-5-11(9)14/h8-14H,1-7H2. The van der Waals surface area contributed by atoms with E-state index in [1.165, 1.54) is 6.42 Å². The summed E-state index contributed by atoms with van der Waals surface area (Å²) in [6.45, 7) is 1.80. The topological polar surface area (TPSA) is 52.5 Å². The van der Waals surface area contributed by atoms with Crippen LogP contribution in [-0.2, 0) is 0 Å². The SMILES string of the molecule is OC1CCCCC1C1CNCCC1O. The van der Waals surface area contributed by atoms with E-state index in [4.69, 9.17) is 0 Å². The summed E-state index contributed by atoms with van der Waals surface area (Å²) >= 11 is 0. The summed E-state index contributed by atoms with van der Waals surface area (Å²) in [4.78, 5) is 0. The third-order valence-corrected chi connectivity index (χ3v) is 3.82. The number of rotatable bonds is 1. The highest BCUT2D eigenvalue weighted by Gasteiger charge is 2.35. The van der Waals surface area contributed by atoms with Gasteiger partial charge in [-0.05, 0) is 31.7 Å². The molecule has 1 saturated heterocycles. The molecule has 1 aliphatic heterocycles. The van der Waals surface area contributed by atoms with E-state index in [1.807, 2.05) is 0 Å². The van der Waals surface area contributed by atoms with Gasteiger partial charge in [0.05, 0.1) is 12.2 Å². The van der Waals surface area contributed by atoms with Gasteiger partial charge in [0.15, 0.2) is 0 Å². The number of hydrogen-bond acceptors (Lipinski definition) is 3. The first-order chi connectivity index (χ1) is 6.79. The molecule has 0 aromatic heterocycles. The van der Waals surface area contributed by atoms with E-state index in [0.717, 1.165) is 38.8 Å². The molecule has 82 valence electrons. The normalized spacial score (nSPS) is 45.0. The molecule has 3 nitrogen and oxygen atoms in total. The van der Waals surface area contributed by atoms with Crippen molar-refractivity contribution in [2.75, 3.05) is 13.1 Å². The summed E-state index contributed by atoms with van der Waals surface area (Å²) in [7, 11) is 0. The lowest BCUT2D eigenvalue weighted by Crippen LogP contribution is -2.47. The maximum Gasteiger partial charge on any atom is 0.0596 e. The average Bonchev–Trinajstić information content (AvgIpc) is 2.20. The molecule has 0 radical (unpaired) electrons. The average molecular weight is 199 g/mol. The molecule has 4 unspecified atom stereocenters. The van der Waals surface area contributed by atoms with Crippen LogP contribution in [-0.4, -0.2) is 35.5 Å². The predicted molar refractivity (Wildman–Crippen MR) is 54.9 cm³/mol. The van der Waals surface area contributed by atoms with E-state index in [-0.39, 0.29) is 18.1 Å². The Bertz CT molecular complexity index is 166.